The summed E-state index contributed by atoms with van der Waals surface area (Å²) in [5.41, 5.74) is 2.20. The van der Waals surface area contributed by atoms with Crippen LogP contribution in [0.2, 0.25) is 0 Å². The third-order valence-electron chi connectivity index (χ3n) is 5.04. The molecule has 1 aliphatic heterocycles. The molecule has 0 unspecified atom stereocenters. The molecule has 1 fully saturated rings. The number of aromatic nitrogens is 4. The first-order valence-corrected chi connectivity index (χ1v) is 9.03. The summed E-state index contributed by atoms with van der Waals surface area (Å²) in [6.45, 7) is 2.18. The predicted molar refractivity (Wildman–Crippen MR) is 101 cm³/mol. The number of fused-ring (bicyclic) bond motifs is 1. The Bertz CT molecular complexity index is 927. The van der Waals surface area contributed by atoms with Gasteiger partial charge in [0.1, 0.15) is 5.82 Å². The number of carbonyl (C=O) groups excluding carboxylic acids is 1. The first-order valence-electron chi connectivity index (χ1n) is 9.03. The van der Waals surface area contributed by atoms with Gasteiger partial charge in [-0.25, -0.2) is 4.98 Å². The van der Waals surface area contributed by atoms with Crippen LogP contribution in [0.15, 0.2) is 36.5 Å². The molecule has 1 N–H and O–H groups in total. The van der Waals surface area contributed by atoms with Crippen molar-refractivity contribution in [3.8, 4) is 0 Å². The molecule has 1 amide bonds. The zero-order valence-corrected chi connectivity index (χ0v) is 15.2. The number of nitrogens with one attached hydrogen (secondary N) is 1. The number of nitrogens with zero attached hydrogens (tertiary/aromatic N) is 5. The molecule has 7 nitrogen and oxygen atoms in total. The lowest BCUT2D eigenvalue weighted by molar-refractivity contribution is -0.117. The van der Waals surface area contributed by atoms with Crippen LogP contribution in [0, 0.1) is 0 Å². The highest BCUT2D eigenvalue weighted by Gasteiger charge is 2.26. The van der Waals surface area contributed by atoms with Gasteiger partial charge in [0.15, 0.2) is 5.82 Å². The highest BCUT2D eigenvalue weighted by molar-refractivity contribution is 5.91. The highest BCUT2D eigenvalue weighted by Crippen LogP contribution is 2.28. The zero-order chi connectivity index (χ0) is 18.1. The monoisotopic (exact) mass is 352 g/mol. The Morgan fingerprint density at radius 3 is 2.88 bits per heavy atom. The van der Waals surface area contributed by atoms with Crippen molar-refractivity contribution < 1.29 is 4.79 Å². The van der Waals surface area contributed by atoms with Crippen LogP contribution in [-0.2, 0) is 18.9 Å². The fourth-order valence-electron chi connectivity index (χ4n) is 3.81. The third kappa shape index (κ3) is 3.35. The minimum atomic E-state index is -0.0191. The van der Waals surface area contributed by atoms with Gasteiger partial charge in [0.25, 0.3) is 0 Å². The Balaban J connectivity index is 1.43. The number of aryl methyl sites for hydroxylation is 2. The summed E-state index contributed by atoms with van der Waals surface area (Å²) in [4.78, 5) is 19.4. The van der Waals surface area contributed by atoms with Crippen molar-refractivity contribution in [2.24, 2.45) is 14.1 Å². The second-order valence-corrected chi connectivity index (χ2v) is 7.01. The Labute approximate surface area is 152 Å². The topological polar surface area (TPSA) is 68.0 Å². The van der Waals surface area contributed by atoms with E-state index < -0.39 is 0 Å². The van der Waals surface area contributed by atoms with E-state index in [1.807, 2.05) is 25.4 Å². The molecular formula is C19H24N6O. The molecule has 0 aliphatic carbocycles. The summed E-state index contributed by atoms with van der Waals surface area (Å²) < 4.78 is 3.87. The Morgan fingerprint density at radius 1 is 1.27 bits per heavy atom. The number of piperidine rings is 1. The molecular weight excluding hydrogens is 328 g/mol. The number of benzene rings is 1. The lowest BCUT2D eigenvalue weighted by Crippen LogP contribution is -2.40. The fraction of sp³-hybridized carbons (Fsp3) is 0.421. The van der Waals surface area contributed by atoms with E-state index in [1.165, 1.54) is 0 Å². The predicted octanol–water partition coefficient (Wildman–Crippen LogP) is 2.12. The van der Waals surface area contributed by atoms with Crippen LogP contribution in [0.1, 0.15) is 24.6 Å². The van der Waals surface area contributed by atoms with Gasteiger partial charge in [-0.2, -0.15) is 5.10 Å². The van der Waals surface area contributed by atoms with Crippen molar-refractivity contribution in [1.29, 1.82) is 0 Å². The largest absolute Gasteiger partial charge is 0.331 e. The van der Waals surface area contributed by atoms with Crippen LogP contribution in [-0.4, -0.2) is 49.8 Å². The van der Waals surface area contributed by atoms with Crippen molar-refractivity contribution in [3.05, 3.63) is 42.4 Å². The van der Waals surface area contributed by atoms with E-state index in [0.717, 1.165) is 42.8 Å². The van der Waals surface area contributed by atoms with Crippen molar-refractivity contribution in [2.75, 3.05) is 25.0 Å². The number of hydrogen-bond acceptors (Lipinski definition) is 4. The van der Waals surface area contributed by atoms with Gasteiger partial charge in [-0.05, 0) is 31.5 Å². The Morgan fingerprint density at radius 2 is 2.12 bits per heavy atom. The van der Waals surface area contributed by atoms with E-state index in [0.29, 0.717) is 18.3 Å². The highest BCUT2D eigenvalue weighted by atomic mass is 16.2. The molecule has 4 rings (SSSR count). The molecule has 0 radical (unpaired) electrons. The maximum Gasteiger partial charge on any atom is 0.239 e. The van der Waals surface area contributed by atoms with E-state index in [2.05, 4.69) is 39.1 Å². The van der Waals surface area contributed by atoms with Crippen molar-refractivity contribution >= 4 is 22.8 Å². The maximum atomic E-state index is 12.3. The molecule has 1 aromatic carbocycles. The Hall–Kier alpha value is -2.67. The number of hydrogen-bond donors (Lipinski definition) is 1. The Kier molecular flexibility index (Phi) is 4.46. The lowest BCUT2D eigenvalue weighted by Gasteiger charge is -2.31. The number of para-hydroxylation sites is 2. The summed E-state index contributed by atoms with van der Waals surface area (Å²) >= 11 is 0. The average molecular weight is 352 g/mol. The molecule has 0 saturated carbocycles. The van der Waals surface area contributed by atoms with Gasteiger partial charge >= 0.3 is 0 Å². The number of anilines is 1. The van der Waals surface area contributed by atoms with Crippen LogP contribution in [0.5, 0.6) is 0 Å². The standard InChI is InChI=1S/C19H24N6O/c1-23-11-9-17(22-23)21-18(26)13-25-10-5-6-14(12-25)19-20-15-7-3-4-8-16(15)24(19)2/h3-4,7-9,11,14H,5-6,10,12-13H2,1-2H3,(H,21,22,26)/t14-/m0/s1. The third-order valence-corrected chi connectivity index (χ3v) is 5.04. The molecule has 0 bridgehead atoms. The molecule has 3 heterocycles. The van der Waals surface area contributed by atoms with Gasteiger partial charge in [0, 0.05) is 38.8 Å². The normalized spacial score (nSPS) is 18.3. The van der Waals surface area contributed by atoms with Gasteiger partial charge in [0.05, 0.1) is 17.6 Å². The lowest BCUT2D eigenvalue weighted by atomic mass is 9.97. The molecule has 136 valence electrons. The van der Waals surface area contributed by atoms with Gasteiger partial charge < -0.3 is 9.88 Å². The van der Waals surface area contributed by atoms with E-state index in [-0.39, 0.29) is 5.91 Å². The first kappa shape index (κ1) is 16.8. The molecule has 1 saturated heterocycles. The second kappa shape index (κ2) is 6.92. The van der Waals surface area contributed by atoms with Crippen molar-refractivity contribution in [1.82, 2.24) is 24.2 Å². The van der Waals surface area contributed by atoms with E-state index in [1.54, 1.807) is 10.7 Å². The number of amides is 1. The zero-order valence-electron chi connectivity index (χ0n) is 15.2. The summed E-state index contributed by atoms with van der Waals surface area (Å²) in [7, 11) is 3.92. The van der Waals surface area contributed by atoms with Gasteiger partial charge in [-0.3, -0.25) is 14.4 Å². The van der Waals surface area contributed by atoms with Crippen molar-refractivity contribution in [3.63, 3.8) is 0 Å². The quantitative estimate of drug-likeness (QED) is 0.781. The molecule has 3 aromatic rings. The van der Waals surface area contributed by atoms with Gasteiger partial charge in [-0.1, -0.05) is 12.1 Å². The summed E-state index contributed by atoms with van der Waals surface area (Å²) in [5, 5.41) is 7.06. The van der Waals surface area contributed by atoms with E-state index in [9.17, 15) is 4.79 Å². The van der Waals surface area contributed by atoms with E-state index in [4.69, 9.17) is 4.98 Å². The SMILES string of the molecule is Cn1ccc(NC(=O)CN2CCC[C@H](c3nc4ccccc4n3C)C2)n1. The summed E-state index contributed by atoms with van der Waals surface area (Å²) in [6.07, 6.45) is 4.00. The number of imidazole rings is 1. The van der Waals surface area contributed by atoms with Crippen LogP contribution >= 0.6 is 0 Å². The van der Waals surface area contributed by atoms with Crippen LogP contribution in [0.25, 0.3) is 11.0 Å². The molecule has 7 heteroatoms. The molecule has 1 atom stereocenters. The molecule has 1 aliphatic rings. The van der Waals surface area contributed by atoms with E-state index >= 15 is 0 Å². The molecule has 0 spiro atoms. The first-order chi connectivity index (χ1) is 12.6. The minimum absolute atomic E-state index is 0.0191. The van der Waals surface area contributed by atoms with Crippen LogP contribution < -0.4 is 5.32 Å². The second-order valence-electron chi connectivity index (χ2n) is 7.01. The van der Waals surface area contributed by atoms with Gasteiger partial charge in [-0.15, -0.1) is 0 Å². The maximum absolute atomic E-state index is 12.3. The average Bonchev–Trinajstić information content (AvgIpc) is 3.19. The molecule has 26 heavy (non-hydrogen) atoms. The number of carbonyl (C=O) groups is 1. The summed E-state index contributed by atoms with van der Waals surface area (Å²) in [6, 6.07) is 10.0. The smallest absolute Gasteiger partial charge is 0.239 e. The van der Waals surface area contributed by atoms with Crippen LogP contribution in [0.3, 0.4) is 0 Å². The van der Waals surface area contributed by atoms with Crippen LogP contribution in [0.4, 0.5) is 5.82 Å². The number of rotatable bonds is 4. The molecule has 2 aromatic heterocycles. The van der Waals surface area contributed by atoms with Crippen molar-refractivity contribution in [2.45, 2.75) is 18.8 Å². The van der Waals surface area contributed by atoms with Gasteiger partial charge in [0.2, 0.25) is 5.91 Å². The number of likely N-dealkylation sites (tertiary alicyclic amines) is 1. The fourth-order valence-corrected chi connectivity index (χ4v) is 3.81. The summed E-state index contributed by atoms with van der Waals surface area (Å²) in [5.74, 6) is 2.04. The minimum Gasteiger partial charge on any atom is -0.331 e.